The van der Waals surface area contributed by atoms with Gasteiger partial charge in [0.25, 0.3) is 0 Å². The largest absolute Gasteiger partial charge is 0.492 e. The Morgan fingerprint density at radius 2 is 1.87 bits per heavy atom. The van der Waals surface area contributed by atoms with E-state index in [1.807, 2.05) is 24.3 Å². The van der Waals surface area contributed by atoms with Gasteiger partial charge in [0, 0.05) is 18.3 Å². The molecule has 2 aromatic rings. The molecule has 1 aliphatic heterocycles. The van der Waals surface area contributed by atoms with E-state index < -0.39 is 5.41 Å². The molecule has 4 heteroatoms. The first-order valence-electron chi connectivity index (χ1n) is 11.9. The van der Waals surface area contributed by atoms with Crippen molar-refractivity contribution in [2.45, 2.75) is 70.3 Å². The van der Waals surface area contributed by atoms with Crippen LogP contribution in [-0.2, 0) is 10.2 Å². The third-order valence-electron chi connectivity index (χ3n) is 7.16. The van der Waals surface area contributed by atoms with E-state index in [0.29, 0.717) is 12.6 Å². The molecule has 0 unspecified atom stereocenters. The van der Waals surface area contributed by atoms with Gasteiger partial charge in [-0.05, 0) is 75.9 Å². The molecule has 4 nitrogen and oxygen atoms in total. The normalized spacial score (nSPS) is 21.0. The highest BCUT2D eigenvalue weighted by Crippen LogP contribution is 2.42. The smallest absolute Gasteiger partial charge is 0.235 e. The SMILES string of the molecule is Cc1cccc(C2(C(=O)Nc3ccc(OCCN4CCCC[C@H]4C)cc3)CCCC2)c1. The van der Waals surface area contributed by atoms with Gasteiger partial charge in [-0.1, -0.05) is 49.1 Å². The maximum absolute atomic E-state index is 13.4. The summed E-state index contributed by atoms with van der Waals surface area (Å²) in [6.07, 6.45) is 7.96. The predicted octanol–water partition coefficient (Wildman–Crippen LogP) is 5.70. The predicted molar refractivity (Wildman–Crippen MR) is 127 cm³/mol. The molecule has 1 aliphatic carbocycles. The van der Waals surface area contributed by atoms with Crippen LogP contribution in [0, 0.1) is 6.92 Å². The maximum atomic E-state index is 13.4. The zero-order valence-electron chi connectivity index (χ0n) is 19.0. The minimum atomic E-state index is -0.410. The Morgan fingerprint density at radius 3 is 2.58 bits per heavy atom. The topological polar surface area (TPSA) is 41.6 Å². The summed E-state index contributed by atoms with van der Waals surface area (Å²) in [5, 5.41) is 3.18. The van der Waals surface area contributed by atoms with Crippen LogP contribution in [0.15, 0.2) is 48.5 Å². The molecule has 1 saturated carbocycles. The second-order valence-corrected chi connectivity index (χ2v) is 9.37. The van der Waals surface area contributed by atoms with Crippen molar-refractivity contribution < 1.29 is 9.53 Å². The number of rotatable bonds is 7. The minimum Gasteiger partial charge on any atom is -0.492 e. The lowest BCUT2D eigenvalue weighted by atomic mass is 9.77. The lowest BCUT2D eigenvalue weighted by Crippen LogP contribution is -2.39. The van der Waals surface area contributed by atoms with E-state index in [2.05, 4.69) is 48.3 Å². The number of likely N-dealkylation sites (tertiary alicyclic amines) is 1. The summed E-state index contributed by atoms with van der Waals surface area (Å²) in [4.78, 5) is 15.9. The number of hydrogen-bond donors (Lipinski definition) is 1. The summed E-state index contributed by atoms with van der Waals surface area (Å²) in [6, 6.07) is 16.9. The van der Waals surface area contributed by atoms with Crippen LogP contribution in [0.25, 0.3) is 0 Å². The van der Waals surface area contributed by atoms with Crippen LogP contribution in [0.1, 0.15) is 63.0 Å². The van der Waals surface area contributed by atoms with Crippen molar-refractivity contribution in [2.24, 2.45) is 0 Å². The fourth-order valence-electron chi connectivity index (χ4n) is 5.22. The van der Waals surface area contributed by atoms with Crippen molar-refractivity contribution in [3.05, 3.63) is 59.7 Å². The lowest BCUT2D eigenvalue weighted by molar-refractivity contribution is -0.121. The summed E-state index contributed by atoms with van der Waals surface area (Å²) in [5.41, 5.74) is 2.78. The fraction of sp³-hybridized carbons (Fsp3) is 0.519. The first kappa shape index (κ1) is 21.9. The van der Waals surface area contributed by atoms with Crippen LogP contribution >= 0.6 is 0 Å². The third-order valence-corrected chi connectivity index (χ3v) is 7.16. The number of nitrogens with one attached hydrogen (secondary N) is 1. The molecule has 2 aromatic carbocycles. The molecule has 31 heavy (non-hydrogen) atoms. The molecule has 2 fully saturated rings. The van der Waals surface area contributed by atoms with Gasteiger partial charge in [0.15, 0.2) is 0 Å². The Morgan fingerprint density at radius 1 is 1.10 bits per heavy atom. The minimum absolute atomic E-state index is 0.114. The van der Waals surface area contributed by atoms with E-state index in [4.69, 9.17) is 4.74 Å². The van der Waals surface area contributed by atoms with E-state index in [-0.39, 0.29) is 5.91 Å². The number of anilines is 1. The molecular weight excluding hydrogens is 384 g/mol. The van der Waals surface area contributed by atoms with Crippen molar-refractivity contribution in [2.75, 3.05) is 25.0 Å². The fourth-order valence-corrected chi connectivity index (χ4v) is 5.22. The Bertz CT molecular complexity index is 871. The first-order valence-corrected chi connectivity index (χ1v) is 11.9. The van der Waals surface area contributed by atoms with E-state index in [0.717, 1.165) is 49.2 Å². The first-order chi connectivity index (χ1) is 15.1. The van der Waals surface area contributed by atoms with Crippen LogP contribution in [0.2, 0.25) is 0 Å². The number of hydrogen-bond acceptors (Lipinski definition) is 3. The molecule has 0 spiro atoms. The van der Waals surface area contributed by atoms with Gasteiger partial charge in [-0.3, -0.25) is 9.69 Å². The molecule has 2 aliphatic rings. The number of aryl methyl sites for hydroxylation is 1. The van der Waals surface area contributed by atoms with Gasteiger partial charge >= 0.3 is 0 Å². The number of benzene rings is 2. The zero-order chi connectivity index (χ0) is 21.7. The van der Waals surface area contributed by atoms with Gasteiger partial charge in [0.05, 0.1) is 5.41 Å². The number of piperidine rings is 1. The van der Waals surface area contributed by atoms with Crippen LogP contribution in [-0.4, -0.2) is 36.5 Å². The highest BCUT2D eigenvalue weighted by molar-refractivity contribution is 5.99. The Balaban J connectivity index is 1.35. The lowest BCUT2D eigenvalue weighted by Gasteiger charge is -2.33. The second kappa shape index (κ2) is 9.86. The van der Waals surface area contributed by atoms with E-state index in [1.165, 1.54) is 31.4 Å². The van der Waals surface area contributed by atoms with Crippen LogP contribution in [0.5, 0.6) is 5.75 Å². The Hall–Kier alpha value is -2.33. The molecule has 0 bridgehead atoms. The van der Waals surface area contributed by atoms with Crippen LogP contribution in [0.3, 0.4) is 0 Å². The standard InChI is InChI=1S/C27H36N2O2/c1-21-8-7-10-23(20-21)27(15-4-5-16-27)26(30)28-24-11-13-25(14-12-24)31-19-18-29-17-6-3-9-22(29)2/h7-8,10-14,20,22H,3-6,9,15-19H2,1-2H3,(H,28,30)/t22-/m1/s1. The second-order valence-electron chi connectivity index (χ2n) is 9.37. The summed E-state index contributed by atoms with van der Waals surface area (Å²) in [5.74, 6) is 0.972. The molecule has 0 aromatic heterocycles. The van der Waals surface area contributed by atoms with Crippen molar-refractivity contribution in [3.63, 3.8) is 0 Å². The molecule has 1 saturated heterocycles. The van der Waals surface area contributed by atoms with Gasteiger partial charge in [0.1, 0.15) is 12.4 Å². The van der Waals surface area contributed by atoms with Gasteiger partial charge in [-0.15, -0.1) is 0 Å². The van der Waals surface area contributed by atoms with Gasteiger partial charge in [0.2, 0.25) is 5.91 Å². The molecular formula is C27H36N2O2. The van der Waals surface area contributed by atoms with Crippen molar-refractivity contribution >= 4 is 11.6 Å². The molecule has 4 rings (SSSR count). The van der Waals surface area contributed by atoms with Crippen LogP contribution < -0.4 is 10.1 Å². The summed E-state index contributed by atoms with van der Waals surface area (Å²) >= 11 is 0. The number of nitrogens with zero attached hydrogens (tertiary/aromatic N) is 1. The maximum Gasteiger partial charge on any atom is 0.235 e. The van der Waals surface area contributed by atoms with E-state index in [1.54, 1.807) is 0 Å². The zero-order valence-corrected chi connectivity index (χ0v) is 19.0. The number of carbonyl (C=O) groups is 1. The number of ether oxygens (including phenoxy) is 1. The van der Waals surface area contributed by atoms with E-state index in [9.17, 15) is 4.79 Å². The van der Waals surface area contributed by atoms with Gasteiger partial charge in [-0.25, -0.2) is 0 Å². The van der Waals surface area contributed by atoms with Gasteiger partial charge < -0.3 is 10.1 Å². The summed E-state index contributed by atoms with van der Waals surface area (Å²) < 4.78 is 5.96. The molecule has 1 amide bonds. The molecule has 0 radical (unpaired) electrons. The highest BCUT2D eigenvalue weighted by atomic mass is 16.5. The van der Waals surface area contributed by atoms with Crippen LogP contribution in [0.4, 0.5) is 5.69 Å². The average Bonchev–Trinajstić information content (AvgIpc) is 3.28. The third kappa shape index (κ3) is 5.12. The monoisotopic (exact) mass is 420 g/mol. The van der Waals surface area contributed by atoms with E-state index >= 15 is 0 Å². The van der Waals surface area contributed by atoms with Crippen molar-refractivity contribution in [1.29, 1.82) is 0 Å². The highest BCUT2D eigenvalue weighted by Gasteiger charge is 2.42. The number of amides is 1. The molecule has 166 valence electrons. The molecule has 1 atom stereocenters. The summed E-state index contributed by atoms with van der Waals surface area (Å²) in [7, 11) is 0. The Labute approximate surface area is 187 Å². The quantitative estimate of drug-likeness (QED) is 0.625. The molecule has 1 N–H and O–H groups in total. The number of carbonyl (C=O) groups excluding carboxylic acids is 1. The van der Waals surface area contributed by atoms with Gasteiger partial charge in [-0.2, -0.15) is 0 Å². The van der Waals surface area contributed by atoms with Crippen molar-refractivity contribution in [3.8, 4) is 5.75 Å². The average molecular weight is 421 g/mol. The Kier molecular flexibility index (Phi) is 6.96. The summed E-state index contributed by atoms with van der Waals surface area (Å²) in [6.45, 7) is 7.25. The molecule has 1 heterocycles. The van der Waals surface area contributed by atoms with Crippen molar-refractivity contribution in [1.82, 2.24) is 4.90 Å².